The van der Waals surface area contributed by atoms with Gasteiger partial charge in [0.15, 0.2) is 11.3 Å². The van der Waals surface area contributed by atoms with Gasteiger partial charge in [0.25, 0.3) is 0 Å². The molecule has 1 atom stereocenters. The third-order valence-electron chi connectivity index (χ3n) is 3.86. The Kier molecular flexibility index (Phi) is 7.05. The number of carbonyl (C=O) groups is 2. The molecule has 0 spiro atoms. The number of para-hydroxylation sites is 1. The summed E-state index contributed by atoms with van der Waals surface area (Å²) in [6, 6.07) is 5.88. The summed E-state index contributed by atoms with van der Waals surface area (Å²) < 4.78 is 0. The van der Waals surface area contributed by atoms with Crippen molar-refractivity contribution < 1.29 is 19.8 Å². The van der Waals surface area contributed by atoms with Gasteiger partial charge in [-0.1, -0.05) is 57.6 Å². The number of ketones is 1. The molecule has 4 N–H and O–H groups in total. The van der Waals surface area contributed by atoms with Crippen LogP contribution >= 0.6 is 0 Å². The van der Waals surface area contributed by atoms with Crippen molar-refractivity contribution in [2.75, 3.05) is 0 Å². The van der Waals surface area contributed by atoms with Crippen LogP contribution in [0.3, 0.4) is 0 Å². The number of carboxylic acid groups (broad SMARTS) is 1. The quantitative estimate of drug-likeness (QED) is 0.350. The number of benzene rings is 1. The Morgan fingerprint density at radius 3 is 2.27 bits per heavy atom. The minimum Gasteiger partial charge on any atom is -0.507 e. The molecule has 0 fully saturated rings. The molecule has 0 heterocycles. The van der Waals surface area contributed by atoms with Crippen molar-refractivity contribution in [2.45, 2.75) is 57.4 Å². The van der Waals surface area contributed by atoms with Gasteiger partial charge in [-0.25, -0.2) is 4.79 Å². The van der Waals surface area contributed by atoms with Crippen LogP contribution in [0.2, 0.25) is 0 Å². The second-order valence-corrected chi connectivity index (χ2v) is 5.64. The van der Waals surface area contributed by atoms with Gasteiger partial charge in [-0.15, -0.1) is 0 Å². The fourth-order valence-electron chi connectivity index (χ4n) is 2.41. The normalized spacial score (nSPS) is 13.5. The van der Waals surface area contributed by atoms with Gasteiger partial charge in [0, 0.05) is 0 Å². The van der Waals surface area contributed by atoms with E-state index in [1.165, 1.54) is 12.1 Å². The molecule has 1 aromatic carbocycles. The van der Waals surface area contributed by atoms with E-state index in [2.05, 4.69) is 6.92 Å². The Bertz CT molecular complexity index is 515. The molecule has 122 valence electrons. The van der Waals surface area contributed by atoms with E-state index in [-0.39, 0.29) is 17.7 Å². The highest BCUT2D eigenvalue weighted by Gasteiger charge is 2.42. The number of Topliss-reactive ketones (excluding diaryl/α,β-unsaturated/α-hetero) is 1. The van der Waals surface area contributed by atoms with E-state index in [9.17, 15) is 19.8 Å². The molecular weight excluding hydrogens is 282 g/mol. The molecule has 0 amide bonds. The zero-order valence-electron chi connectivity index (χ0n) is 13.0. The third kappa shape index (κ3) is 4.56. The fourth-order valence-corrected chi connectivity index (χ4v) is 2.41. The predicted molar refractivity (Wildman–Crippen MR) is 85.0 cm³/mol. The first-order chi connectivity index (χ1) is 10.4. The predicted octanol–water partition coefficient (Wildman–Crippen LogP) is 3.11. The molecule has 5 heteroatoms. The van der Waals surface area contributed by atoms with Gasteiger partial charge in [0.1, 0.15) is 5.75 Å². The Balaban J connectivity index is 2.72. The first kappa shape index (κ1) is 18.2. The van der Waals surface area contributed by atoms with E-state index in [4.69, 9.17) is 5.73 Å². The number of phenols is 1. The van der Waals surface area contributed by atoms with E-state index in [0.717, 1.165) is 32.1 Å². The molecule has 1 aromatic rings. The molecule has 0 saturated heterocycles. The summed E-state index contributed by atoms with van der Waals surface area (Å²) in [4.78, 5) is 23.9. The average Bonchev–Trinajstić information content (AvgIpc) is 2.50. The number of hydrogen-bond acceptors (Lipinski definition) is 4. The monoisotopic (exact) mass is 307 g/mol. The molecule has 0 saturated carbocycles. The lowest BCUT2D eigenvalue weighted by molar-refractivity contribution is -0.141. The molecule has 22 heavy (non-hydrogen) atoms. The van der Waals surface area contributed by atoms with Crippen LogP contribution in [0.15, 0.2) is 24.3 Å². The van der Waals surface area contributed by atoms with Crippen LogP contribution in [0, 0.1) is 0 Å². The van der Waals surface area contributed by atoms with Gasteiger partial charge in [0.2, 0.25) is 0 Å². The van der Waals surface area contributed by atoms with Crippen LogP contribution in [-0.2, 0) is 4.79 Å². The molecule has 1 unspecified atom stereocenters. The zero-order chi connectivity index (χ0) is 16.6. The number of carbonyl (C=O) groups excluding carboxylic acids is 1. The molecule has 0 aromatic heterocycles. The fraction of sp³-hybridized carbons (Fsp3) is 0.529. The second kappa shape index (κ2) is 8.54. The van der Waals surface area contributed by atoms with Gasteiger partial charge < -0.3 is 15.9 Å². The Labute approximate surface area is 131 Å². The van der Waals surface area contributed by atoms with Crippen LogP contribution in [-0.4, -0.2) is 27.5 Å². The highest BCUT2D eigenvalue weighted by molar-refractivity contribution is 6.16. The largest absolute Gasteiger partial charge is 0.507 e. The van der Waals surface area contributed by atoms with Crippen LogP contribution in [0.5, 0.6) is 5.75 Å². The number of unbranched alkanes of at least 4 members (excludes halogenated alkanes) is 5. The van der Waals surface area contributed by atoms with Crippen LogP contribution in [0.4, 0.5) is 0 Å². The summed E-state index contributed by atoms with van der Waals surface area (Å²) in [5.41, 5.74) is 3.84. The number of aromatic hydroxyl groups is 1. The Hall–Kier alpha value is -1.88. The number of nitrogens with two attached hydrogens (primary N) is 1. The molecular formula is C17H25NO4. The van der Waals surface area contributed by atoms with Crippen LogP contribution in [0.25, 0.3) is 0 Å². The lowest BCUT2D eigenvalue weighted by atomic mass is 9.85. The minimum atomic E-state index is -1.98. The second-order valence-electron chi connectivity index (χ2n) is 5.64. The minimum absolute atomic E-state index is 0.0432. The molecule has 1 rings (SSSR count). The lowest BCUT2D eigenvalue weighted by Gasteiger charge is -2.23. The van der Waals surface area contributed by atoms with Crippen molar-refractivity contribution in [3.05, 3.63) is 29.8 Å². The zero-order valence-corrected chi connectivity index (χ0v) is 13.0. The van der Waals surface area contributed by atoms with Crippen molar-refractivity contribution in [1.29, 1.82) is 0 Å². The maximum absolute atomic E-state index is 12.4. The van der Waals surface area contributed by atoms with Crippen molar-refractivity contribution >= 4 is 11.8 Å². The SMILES string of the molecule is CCCCCCCCC(N)(C(=O)O)C(=O)c1ccccc1O. The standard InChI is InChI=1S/C17H25NO4/c1-2-3-4-5-6-9-12-17(18,16(21)22)15(20)13-10-7-8-11-14(13)19/h7-8,10-11,19H,2-6,9,12,18H2,1H3,(H,21,22). The number of phenolic OH excluding ortho intramolecular Hbond substituents is 1. The summed E-state index contributed by atoms with van der Waals surface area (Å²) in [5.74, 6) is -2.34. The third-order valence-corrected chi connectivity index (χ3v) is 3.86. The maximum Gasteiger partial charge on any atom is 0.331 e. The van der Waals surface area contributed by atoms with E-state index < -0.39 is 17.3 Å². The van der Waals surface area contributed by atoms with Gasteiger partial charge in [-0.05, 0) is 18.6 Å². The van der Waals surface area contributed by atoms with Gasteiger partial charge in [0.05, 0.1) is 5.56 Å². The highest BCUT2D eigenvalue weighted by atomic mass is 16.4. The van der Waals surface area contributed by atoms with E-state index in [1.54, 1.807) is 12.1 Å². The maximum atomic E-state index is 12.4. The number of rotatable bonds is 10. The highest BCUT2D eigenvalue weighted by Crippen LogP contribution is 2.25. The lowest BCUT2D eigenvalue weighted by Crippen LogP contribution is -2.54. The molecule has 0 aliphatic carbocycles. The summed E-state index contributed by atoms with van der Waals surface area (Å²) >= 11 is 0. The smallest absolute Gasteiger partial charge is 0.331 e. The Morgan fingerprint density at radius 2 is 1.68 bits per heavy atom. The molecule has 5 nitrogen and oxygen atoms in total. The van der Waals surface area contributed by atoms with Crippen molar-refractivity contribution in [2.24, 2.45) is 5.73 Å². The van der Waals surface area contributed by atoms with Gasteiger partial charge in [-0.2, -0.15) is 0 Å². The topological polar surface area (TPSA) is 101 Å². The van der Waals surface area contributed by atoms with Gasteiger partial charge >= 0.3 is 5.97 Å². The molecule has 0 aliphatic heterocycles. The number of carboxylic acids is 1. The Morgan fingerprint density at radius 1 is 1.09 bits per heavy atom. The van der Waals surface area contributed by atoms with E-state index in [1.807, 2.05) is 0 Å². The van der Waals surface area contributed by atoms with Crippen molar-refractivity contribution in [3.63, 3.8) is 0 Å². The molecule has 0 bridgehead atoms. The van der Waals surface area contributed by atoms with E-state index in [0.29, 0.717) is 6.42 Å². The van der Waals surface area contributed by atoms with Crippen LogP contribution in [0.1, 0.15) is 62.2 Å². The first-order valence-electron chi connectivity index (χ1n) is 7.78. The summed E-state index contributed by atoms with van der Waals surface area (Å²) in [6.07, 6.45) is 5.90. The number of hydrogen-bond donors (Lipinski definition) is 3. The molecule has 0 aliphatic rings. The summed E-state index contributed by atoms with van der Waals surface area (Å²) in [5, 5.41) is 19.1. The average molecular weight is 307 g/mol. The van der Waals surface area contributed by atoms with Gasteiger partial charge in [-0.3, -0.25) is 4.79 Å². The first-order valence-corrected chi connectivity index (χ1v) is 7.78. The number of aliphatic carboxylic acids is 1. The van der Waals surface area contributed by atoms with E-state index >= 15 is 0 Å². The van der Waals surface area contributed by atoms with Crippen molar-refractivity contribution in [1.82, 2.24) is 0 Å². The molecule has 0 radical (unpaired) electrons. The van der Waals surface area contributed by atoms with Crippen LogP contribution < -0.4 is 5.73 Å². The summed E-state index contributed by atoms with van der Waals surface area (Å²) in [7, 11) is 0. The van der Waals surface area contributed by atoms with Crippen molar-refractivity contribution in [3.8, 4) is 5.75 Å². The summed E-state index contributed by atoms with van der Waals surface area (Å²) in [6.45, 7) is 2.13.